The maximum atomic E-state index is 13.8. The second kappa shape index (κ2) is 5.13. The van der Waals surface area contributed by atoms with Crippen molar-refractivity contribution >= 4 is 0 Å². The van der Waals surface area contributed by atoms with Gasteiger partial charge in [-0.15, -0.1) is 0 Å². The first-order valence-corrected chi connectivity index (χ1v) is 6.48. The van der Waals surface area contributed by atoms with Gasteiger partial charge in [0.2, 0.25) is 0 Å². The summed E-state index contributed by atoms with van der Waals surface area (Å²) in [4.78, 5) is 7.84. The van der Waals surface area contributed by atoms with Crippen molar-refractivity contribution in [3.63, 3.8) is 0 Å². The third-order valence-corrected chi connectivity index (χ3v) is 3.42. The van der Waals surface area contributed by atoms with Crippen molar-refractivity contribution < 1.29 is 4.39 Å². The summed E-state index contributed by atoms with van der Waals surface area (Å²) in [5, 5.41) is 0. The lowest BCUT2D eigenvalue weighted by Gasteiger charge is -2.20. The molecule has 0 aliphatic carbocycles. The van der Waals surface area contributed by atoms with E-state index in [-0.39, 0.29) is 11.2 Å². The van der Waals surface area contributed by atoms with Gasteiger partial charge in [-0.2, -0.15) is 0 Å². The van der Waals surface area contributed by atoms with Gasteiger partial charge in [-0.25, -0.2) is 9.37 Å². The molecule has 0 aliphatic rings. The molecular formula is C15H20FN3. The van der Waals surface area contributed by atoms with Crippen LogP contribution in [0.5, 0.6) is 0 Å². The summed E-state index contributed by atoms with van der Waals surface area (Å²) >= 11 is 0. The second-order valence-electron chi connectivity index (χ2n) is 5.46. The first-order valence-electron chi connectivity index (χ1n) is 6.48. The van der Waals surface area contributed by atoms with E-state index in [9.17, 15) is 4.39 Å². The van der Waals surface area contributed by atoms with Crippen molar-refractivity contribution in [2.24, 2.45) is 5.73 Å². The van der Waals surface area contributed by atoms with E-state index in [4.69, 9.17) is 5.73 Å². The van der Waals surface area contributed by atoms with Crippen molar-refractivity contribution in [3.05, 3.63) is 41.6 Å². The SMILES string of the molecule is Cc1[nH]c(C(C)(C)CCN)nc1-c1ccccc1F. The minimum atomic E-state index is -0.250. The van der Waals surface area contributed by atoms with Crippen LogP contribution in [0.1, 0.15) is 31.8 Å². The standard InChI is InChI=1S/C15H20FN3/c1-10-13(11-6-4-5-7-12(11)16)19-14(18-10)15(2,3)8-9-17/h4-7H,8-9,17H2,1-3H3,(H,18,19). The number of nitrogens with zero attached hydrogens (tertiary/aromatic N) is 1. The van der Waals surface area contributed by atoms with E-state index in [1.807, 2.05) is 13.0 Å². The van der Waals surface area contributed by atoms with Crippen molar-refractivity contribution in [1.82, 2.24) is 9.97 Å². The number of hydrogen-bond donors (Lipinski definition) is 2. The first kappa shape index (κ1) is 13.7. The predicted molar refractivity (Wildman–Crippen MR) is 75.4 cm³/mol. The molecular weight excluding hydrogens is 241 g/mol. The molecule has 0 saturated heterocycles. The molecule has 0 bridgehead atoms. The molecule has 3 nitrogen and oxygen atoms in total. The molecule has 0 amide bonds. The molecule has 2 rings (SSSR count). The molecule has 1 heterocycles. The zero-order valence-corrected chi connectivity index (χ0v) is 11.6. The molecule has 1 aromatic heterocycles. The molecule has 1 aromatic carbocycles. The van der Waals surface area contributed by atoms with Gasteiger partial charge in [0.1, 0.15) is 11.6 Å². The van der Waals surface area contributed by atoms with Gasteiger partial charge in [0.15, 0.2) is 0 Å². The lowest BCUT2D eigenvalue weighted by molar-refractivity contribution is 0.461. The van der Waals surface area contributed by atoms with E-state index in [0.717, 1.165) is 17.9 Å². The molecule has 0 aliphatic heterocycles. The van der Waals surface area contributed by atoms with Gasteiger partial charge in [0.05, 0.1) is 5.69 Å². The van der Waals surface area contributed by atoms with Gasteiger partial charge in [0, 0.05) is 16.7 Å². The summed E-state index contributed by atoms with van der Waals surface area (Å²) in [7, 11) is 0. The minimum absolute atomic E-state index is 0.136. The van der Waals surface area contributed by atoms with Gasteiger partial charge in [-0.3, -0.25) is 0 Å². The van der Waals surface area contributed by atoms with Crippen LogP contribution in [0.4, 0.5) is 4.39 Å². The van der Waals surface area contributed by atoms with E-state index in [2.05, 4.69) is 23.8 Å². The number of halogens is 1. The maximum absolute atomic E-state index is 13.8. The largest absolute Gasteiger partial charge is 0.345 e. The summed E-state index contributed by atoms with van der Waals surface area (Å²) < 4.78 is 13.8. The summed E-state index contributed by atoms with van der Waals surface area (Å²) in [6, 6.07) is 6.70. The number of aryl methyl sites for hydroxylation is 1. The van der Waals surface area contributed by atoms with Crippen molar-refractivity contribution in [2.75, 3.05) is 6.54 Å². The van der Waals surface area contributed by atoms with Crippen LogP contribution in [-0.4, -0.2) is 16.5 Å². The summed E-state index contributed by atoms with van der Waals surface area (Å²) in [6.07, 6.45) is 0.830. The van der Waals surface area contributed by atoms with Gasteiger partial charge in [0.25, 0.3) is 0 Å². The van der Waals surface area contributed by atoms with Crippen molar-refractivity contribution in [2.45, 2.75) is 32.6 Å². The highest BCUT2D eigenvalue weighted by molar-refractivity contribution is 5.62. The molecule has 0 spiro atoms. The number of aromatic amines is 1. The number of imidazole rings is 1. The Morgan fingerprint density at radius 1 is 1.32 bits per heavy atom. The monoisotopic (exact) mass is 261 g/mol. The minimum Gasteiger partial charge on any atom is -0.345 e. The van der Waals surface area contributed by atoms with Crippen LogP contribution in [0.2, 0.25) is 0 Å². The molecule has 3 N–H and O–H groups in total. The van der Waals surface area contributed by atoms with Crippen LogP contribution in [0, 0.1) is 12.7 Å². The summed E-state index contributed by atoms with van der Waals surface area (Å²) in [5.41, 5.74) is 7.59. The lowest BCUT2D eigenvalue weighted by Crippen LogP contribution is -2.23. The number of aromatic nitrogens is 2. The highest BCUT2D eigenvalue weighted by atomic mass is 19.1. The van der Waals surface area contributed by atoms with Gasteiger partial charge in [-0.05, 0) is 32.0 Å². The number of rotatable bonds is 4. The predicted octanol–water partition coefficient (Wildman–Crippen LogP) is 3.15. The Morgan fingerprint density at radius 2 is 2.00 bits per heavy atom. The highest BCUT2D eigenvalue weighted by Gasteiger charge is 2.25. The van der Waals surface area contributed by atoms with Crippen molar-refractivity contribution in [3.8, 4) is 11.3 Å². The fourth-order valence-corrected chi connectivity index (χ4v) is 2.18. The van der Waals surface area contributed by atoms with E-state index < -0.39 is 0 Å². The topological polar surface area (TPSA) is 54.7 Å². The van der Waals surface area contributed by atoms with Crippen LogP contribution < -0.4 is 5.73 Å². The van der Waals surface area contributed by atoms with E-state index >= 15 is 0 Å². The van der Waals surface area contributed by atoms with Gasteiger partial charge >= 0.3 is 0 Å². The fourth-order valence-electron chi connectivity index (χ4n) is 2.18. The second-order valence-corrected chi connectivity index (χ2v) is 5.46. The average Bonchev–Trinajstić information content (AvgIpc) is 2.73. The Balaban J connectivity index is 2.45. The summed E-state index contributed by atoms with van der Waals surface area (Å²) in [5.74, 6) is 0.606. The van der Waals surface area contributed by atoms with E-state index in [0.29, 0.717) is 17.8 Å². The zero-order valence-electron chi connectivity index (χ0n) is 11.6. The van der Waals surface area contributed by atoms with Crippen LogP contribution in [0.3, 0.4) is 0 Å². The number of hydrogen-bond acceptors (Lipinski definition) is 2. The average molecular weight is 261 g/mol. The molecule has 0 fully saturated rings. The molecule has 0 atom stereocenters. The Bertz CT molecular complexity index is 573. The normalized spacial score (nSPS) is 11.8. The molecule has 0 unspecified atom stereocenters. The molecule has 19 heavy (non-hydrogen) atoms. The van der Waals surface area contributed by atoms with E-state index in [1.54, 1.807) is 12.1 Å². The quantitative estimate of drug-likeness (QED) is 0.888. The van der Waals surface area contributed by atoms with Crippen LogP contribution in [0.25, 0.3) is 11.3 Å². The molecule has 2 aromatic rings. The smallest absolute Gasteiger partial charge is 0.132 e. The molecule has 0 saturated carbocycles. The Labute approximate surface area is 113 Å². The van der Waals surface area contributed by atoms with Gasteiger partial charge in [-0.1, -0.05) is 26.0 Å². The highest BCUT2D eigenvalue weighted by Crippen LogP contribution is 2.30. The fraction of sp³-hybridized carbons (Fsp3) is 0.400. The number of benzene rings is 1. The maximum Gasteiger partial charge on any atom is 0.132 e. The first-order chi connectivity index (χ1) is 8.95. The van der Waals surface area contributed by atoms with Crippen LogP contribution in [0.15, 0.2) is 24.3 Å². The Kier molecular flexibility index (Phi) is 3.71. The Hall–Kier alpha value is -1.68. The molecule has 102 valence electrons. The van der Waals surface area contributed by atoms with Crippen LogP contribution >= 0.6 is 0 Å². The van der Waals surface area contributed by atoms with Crippen LogP contribution in [-0.2, 0) is 5.41 Å². The number of H-pyrrole nitrogens is 1. The Morgan fingerprint density at radius 3 is 2.63 bits per heavy atom. The van der Waals surface area contributed by atoms with Gasteiger partial charge < -0.3 is 10.7 Å². The molecule has 0 radical (unpaired) electrons. The summed E-state index contributed by atoms with van der Waals surface area (Å²) in [6.45, 7) is 6.69. The zero-order chi connectivity index (χ0) is 14.0. The third-order valence-electron chi connectivity index (χ3n) is 3.42. The van der Waals surface area contributed by atoms with Crippen molar-refractivity contribution in [1.29, 1.82) is 0 Å². The number of nitrogens with one attached hydrogen (secondary N) is 1. The van der Waals surface area contributed by atoms with E-state index in [1.165, 1.54) is 6.07 Å². The number of nitrogens with two attached hydrogens (primary N) is 1. The molecule has 4 heteroatoms. The third kappa shape index (κ3) is 2.68. The lowest BCUT2D eigenvalue weighted by atomic mass is 9.88.